The summed E-state index contributed by atoms with van der Waals surface area (Å²) >= 11 is 0. The second-order valence-corrected chi connectivity index (χ2v) is 5.94. The van der Waals surface area contributed by atoms with Crippen molar-refractivity contribution in [2.24, 2.45) is 0 Å². The van der Waals surface area contributed by atoms with E-state index in [1.807, 2.05) is 6.92 Å². The number of hydrogen-bond acceptors (Lipinski definition) is 3. The summed E-state index contributed by atoms with van der Waals surface area (Å²) in [5, 5.41) is 0. The molecule has 0 aromatic heterocycles. The maximum absolute atomic E-state index is 12.3. The minimum atomic E-state index is -3.44. The third-order valence-electron chi connectivity index (χ3n) is 2.70. The monoisotopic (exact) mass is 278 g/mol. The molecule has 19 heavy (non-hydrogen) atoms. The summed E-state index contributed by atoms with van der Waals surface area (Å²) in [4.78, 5) is 0.574. The molecule has 2 aromatic carbocycles. The van der Waals surface area contributed by atoms with Crippen molar-refractivity contribution in [3.05, 3.63) is 54.1 Å². The van der Waals surface area contributed by atoms with Gasteiger partial charge in [0.2, 0.25) is 9.84 Å². The molecule has 2 aromatic rings. The van der Waals surface area contributed by atoms with Crippen molar-refractivity contribution in [3.8, 4) is 5.75 Å². The van der Waals surface area contributed by atoms with Crippen LogP contribution in [0, 0.1) is 6.92 Å². The summed E-state index contributed by atoms with van der Waals surface area (Å²) in [6.45, 7) is 1.92. The van der Waals surface area contributed by atoms with Gasteiger partial charge >= 0.3 is 0 Å². The van der Waals surface area contributed by atoms with E-state index in [1.54, 1.807) is 55.6 Å². The molecule has 0 unspecified atom stereocenters. The highest BCUT2D eigenvalue weighted by Gasteiger charge is 2.16. The third kappa shape index (κ3) is 3.15. The van der Waals surface area contributed by atoms with Gasteiger partial charge in [-0.15, -0.1) is 0 Å². The van der Waals surface area contributed by atoms with Crippen LogP contribution in [0.4, 0.5) is 0 Å². The zero-order chi connectivity index (χ0) is 13.2. The Labute approximate surface area is 114 Å². The number of rotatable bonds is 3. The summed E-state index contributed by atoms with van der Waals surface area (Å²) in [6.07, 6.45) is 0. The van der Waals surface area contributed by atoms with Gasteiger partial charge in [0.1, 0.15) is 5.75 Å². The molecule has 0 aliphatic rings. The number of aryl methyl sites for hydroxylation is 1. The molecule has 0 fully saturated rings. The Morgan fingerprint density at radius 1 is 0.842 bits per heavy atom. The van der Waals surface area contributed by atoms with E-state index in [-0.39, 0.29) is 12.3 Å². The van der Waals surface area contributed by atoms with E-state index in [0.717, 1.165) is 5.56 Å². The summed E-state index contributed by atoms with van der Waals surface area (Å²) in [7, 11) is -1.89. The van der Waals surface area contributed by atoms with E-state index in [1.165, 1.54) is 0 Å². The first-order valence-corrected chi connectivity index (χ1v) is 6.98. The predicted molar refractivity (Wildman–Crippen MR) is 76.4 cm³/mol. The molecule has 0 atom stereocenters. The fourth-order valence-electron chi connectivity index (χ4n) is 1.61. The van der Waals surface area contributed by atoms with Crippen LogP contribution in [-0.2, 0) is 9.84 Å². The van der Waals surface area contributed by atoms with E-state index in [2.05, 4.69) is 0 Å². The van der Waals surface area contributed by atoms with Crippen LogP contribution in [-0.4, -0.2) is 15.5 Å². The molecule has 0 bridgehead atoms. The Morgan fingerprint density at radius 2 is 1.26 bits per heavy atom. The minimum absolute atomic E-state index is 0. The quantitative estimate of drug-likeness (QED) is 0.863. The SMILES string of the molecule is C.COc1ccc(S(=O)(=O)c2ccc(C)cc2)cc1. The van der Waals surface area contributed by atoms with E-state index >= 15 is 0 Å². The largest absolute Gasteiger partial charge is 0.497 e. The molecule has 0 radical (unpaired) electrons. The van der Waals surface area contributed by atoms with E-state index in [9.17, 15) is 8.42 Å². The molecule has 0 aliphatic carbocycles. The normalized spacial score (nSPS) is 10.6. The van der Waals surface area contributed by atoms with Gasteiger partial charge in [0, 0.05) is 0 Å². The Balaban J connectivity index is 0.00000180. The van der Waals surface area contributed by atoms with Crippen molar-refractivity contribution in [2.75, 3.05) is 7.11 Å². The molecule has 102 valence electrons. The number of hydrogen-bond donors (Lipinski definition) is 0. The van der Waals surface area contributed by atoms with Gasteiger partial charge < -0.3 is 4.74 Å². The molecule has 3 nitrogen and oxygen atoms in total. The first-order valence-electron chi connectivity index (χ1n) is 5.50. The van der Waals surface area contributed by atoms with E-state index in [0.29, 0.717) is 10.6 Å². The molecular weight excluding hydrogens is 260 g/mol. The van der Waals surface area contributed by atoms with Crippen LogP contribution in [0.2, 0.25) is 0 Å². The second-order valence-electron chi connectivity index (χ2n) is 3.99. The standard InChI is InChI=1S/C14H14O3S.CH4/c1-11-3-7-13(8-4-11)18(15,16)14-9-5-12(17-2)6-10-14;/h3-10H,1-2H3;1H4. The zero-order valence-corrected chi connectivity index (χ0v) is 11.1. The van der Waals surface area contributed by atoms with Crippen molar-refractivity contribution in [1.82, 2.24) is 0 Å². The van der Waals surface area contributed by atoms with Gasteiger partial charge in [-0.2, -0.15) is 0 Å². The minimum Gasteiger partial charge on any atom is -0.497 e. The molecule has 0 saturated heterocycles. The highest BCUT2D eigenvalue weighted by atomic mass is 32.2. The summed E-state index contributed by atoms with van der Waals surface area (Å²) < 4.78 is 29.6. The van der Waals surface area contributed by atoms with Crippen LogP contribution < -0.4 is 4.74 Å². The third-order valence-corrected chi connectivity index (χ3v) is 4.49. The predicted octanol–water partition coefficient (Wildman–Crippen LogP) is 3.47. The topological polar surface area (TPSA) is 43.4 Å². The van der Waals surface area contributed by atoms with Crippen LogP contribution in [0.15, 0.2) is 58.3 Å². The molecule has 0 amide bonds. The molecular formula is C15H18O3S. The van der Waals surface area contributed by atoms with E-state index in [4.69, 9.17) is 4.74 Å². The number of ether oxygens (including phenoxy) is 1. The lowest BCUT2D eigenvalue weighted by Crippen LogP contribution is -2.01. The van der Waals surface area contributed by atoms with Crippen molar-refractivity contribution < 1.29 is 13.2 Å². The summed E-state index contributed by atoms with van der Waals surface area (Å²) in [5.74, 6) is 0.637. The number of benzene rings is 2. The first kappa shape index (κ1) is 15.2. The number of methoxy groups -OCH3 is 1. The van der Waals surface area contributed by atoms with E-state index < -0.39 is 9.84 Å². The fraction of sp³-hybridized carbons (Fsp3) is 0.200. The highest BCUT2D eigenvalue weighted by Crippen LogP contribution is 2.23. The average molecular weight is 278 g/mol. The van der Waals surface area contributed by atoms with Crippen LogP contribution >= 0.6 is 0 Å². The maximum Gasteiger partial charge on any atom is 0.206 e. The molecule has 0 spiro atoms. The van der Waals surface area contributed by atoms with Crippen molar-refractivity contribution in [1.29, 1.82) is 0 Å². The maximum atomic E-state index is 12.3. The fourth-order valence-corrected chi connectivity index (χ4v) is 2.87. The Hall–Kier alpha value is -1.81. The molecule has 0 saturated carbocycles. The Kier molecular flexibility index (Phi) is 4.72. The average Bonchev–Trinajstić information content (AvgIpc) is 2.39. The van der Waals surface area contributed by atoms with Gasteiger partial charge in [-0.3, -0.25) is 0 Å². The molecule has 2 rings (SSSR count). The molecule has 0 heterocycles. The summed E-state index contributed by atoms with van der Waals surface area (Å²) in [6, 6.07) is 13.2. The van der Waals surface area contributed by atoms with Crippen molar-refractivity contribution in [3.63, 3.8) is 0 Å². The van der Waals surface area contributed by atoms with Gasteiger partial charge in [-0.1, -0.05) is 25.1 Å². The summed E-state index contributed by atoms with van der Waals surface area (Å²) in [5.41, 5.74) is 1.03. The highest BCUT2D eigenvalue weighted by molar-refractivity contribution is 7.91. The first-order chi connectivity index (χ1) is 8.54. The Bertz CT molecular complexity index is 626. The van der Waals surface area contributed by atoms with Gasteiger partial charge in [-0.25, -0.2) is 8.42 Å². The van der Waals surface area contributed by atoms with Crippen molar-refractivity contribution in [2.45, 2.75) is 24.1 Å². The second kappa shape index (κ2) is 5.89. The lowest BCUT2D eigenvalue weighted by atomic mass is 10.2. The smallest absolute Gasteiger partial charge is 0.206 e. The van der Waals surface area contributed by atoms with Crippen LogP contribution in [0.25, 0.3) is 0 Å². The van der Waals surface area contributed by atoms with Gasteiger partial charge in [0.15, 0.2) is 0 Å². The molecule has 0 N–H and O–H groups in total. The van der Waals surface area contributed by atoms with Crippen LogP contribution in [0.3, 0.4) is 0 Å². The molecule has 0 aliphatic heterocycles. The molecule has 4 heteroatoms. The van der Waals surface area contributed by atoms with Gasteiger partial charge in [0.25, 0.3) is 0 Å². The lowest BCUT2D eigenvalue weighted by molar-refractivity contribution is 0.414. The number of sulfone groups is 1. The Morgan fingerprint density at radius 3 is 1.68 bits per heavy atom. The lowest BCUT2D eigenvalue weighted by Gasteiger charge is -2.06. The van der Waals surface area contributed by atoms with Gasteiger partial charge in [0.05, 0.1) is 16.9 Å². The zero-order valence-electron chi connectivity index (χ0n) is 10.3. The van der Waals surface area contributed by atoms with Crippen molar-refractivity contribution >= 4 is 9.84 Å². The van der Waals surface area contributed by atoms with Gasteiger partial charge in [-0.05, 0) is 43.3 Å². The van der Waals surface area contributed by atoms with Crippen LogP contribution in [0.1, 0.15) is 13.0 Å². The van der Waals surface area contributed by atoms with Crippen LogP contribution in [0.5, 0.6) is 5.75 Å².